The summed E-state index contributed by atoms with van der Waals surface area (Å²) in [6.07, 6.45) is 0. The van der Waals surface area contributed by atoms with Crippen LogP contribution in [0.5, 0.6) is 0 Å². The molecule has 0 aliphatic rings. The highest BCUT2D eigenvalue weighted by Gasteiger charge is 2.22. The lowest BCUT2D eigenvalue weighted by atomic mass is 10.1. The topological polar surface area (TPSA) is 96.3 Å². The largest absolute Gasteiger partial charge is 0.441 e. The average molecular weight is 352 g/mol. The number of anilines is 1. The fourth-order valence-electron chi connectivity index (χ4n) is 2.63. The predicted octanol–water partition coefficient (Wildman–Crippen LogP) is 3.14. The van der Waals surface area contributed by atoms with Crippen molar-refractivity contribution < 1.29 is 14.0 Å². The summed E-state index contributed by atoms with van der Waals surface area (Å²) >= 11 is 0. The molecule has 1 heterocycles. The van der Waals surface area contributed by atoms with Gasteiger partial charge in [-0.05, 0) is 30.7 Å². The lowest BCUT2D eigenvalue weighted by Crippen LogP contribution is -2.43. The fourth-order valence-corrected chi connectivity index (χ4v) is 2.63. The molecule has 134 valence electrons. The van der Waals surface area contributed by atoms with E-state index in [0.717, 1.165) is 5.56 Å². The number of oxazole rings is 1. The molecule has 0 radical (unpaired) electrons. The molecule has 0 aliphatic heterocycles. The second kappa shape index (κ2) is 7.69. The Kier molecular flexibility index (Phi) is 5.17. The van der Waals surface area contributed by atoms with E-state index in [1.54, 1.807) is 26.0 Å². The number of nitrogens with one attached hydrogen (secondary N) is 3. The van der Waals surface area contributed by atoms with Gasteiger partial charge in [-0.1, -0.05) is 30.3 Å². The number of fused-ring (bicyclic) bond motifs is 1. The Morgan fingerprint density at radius 2 is 1.92 bits per heavy atom. The SMILES string of the molecule is CCNC(=O)NC(=O)[C@@H](Nc1ccc2oc(C)nc2c1)c1ccccc1. The van der Waals surface area contributed by atoms with Gasteiger partial charge in [0.1, 0.15) is 11.6 Å². The van der Waals surface area contributed by atoms with Gasteiger partial charge in [-0.2, -0.15) is 0 Å². The van der Waals surface area contributed by atoms with Crippen LogP contribution in [0.4, 0.5) is 10.5 Å². The van der Waals surface area contributed by atoms with Gasteiger partial charge in [0.15, 0.2) is 11.5 Å². The summed E-state index contributed by atoms with van der Waals surface area (Å²) < 4.78 is 5.47. The van der Waals surface area contributed by atoms with Crippen LogP contribution in [0.2, 0.25) is 0 Å². The van der Waals surface area contributed by atoms with Gasteiger partial charge in [-0.25, -0.2) is 9.78 Å². The third-order valence-electron chi connectivity index (χ3n) is 3.77. The Morgan fingerprint density at radius 3 is 2.65 bits per heavy atom. The number of aromatic nitrogens is 1. The van der Waals surface area contributed by atoms with E-state index < -0.39 is 18.0 Å². The molecular weight excluding hydrogens is 332 g/mol. The maximum absolute atomic E-state index is 12.6. The van der Waals surface area contributed by atoms with Gasteiger partial charge in [0.05, 0.1) is 0 Å². The molecule has 3 aromatic rings. The molecule has 7 heteroatoms. The lowest BCUT2D eigenvalue weighted by Gasteiger charge is -2.19. The Morgan fingerprint density at radius 1 is 1.15 bits per heavy atom. The van der Waals surface area contributed by atoms with Gasteiger partial charge >= 0.3 is 6.03 Å². The molecule has 1 atom stereocenters. The van der Waals surface area contributed by atoms with E-state index in [9.17, 15) is 9.59 Å². The zero-order valence-corrected chi connectivity index (χ0v) is 14.6. The van der Waals surface area contributed by atoms with E-state index in [1.807, 2.05) is 36.4 Å². The average Bonchev–Trinajstić information content (AvgIpc) is 2.99. The maximum Gasteiger partial charge on any atom is 0.321 e. The van der Waals surface area contributed by atoms with Crippen LogP contribution < -0.4 is 16.0 Å². The summed E-state index contributed by atoms with van der Waals surface area (Å²) in [7, 11) is 0. The van der Waals surface area contributed by atoms with E-state index in [4.69, 9.17) is 4.42 Å². The minimum Gasteiger partial charge on any atom is -0.441 e. The normalized spacial score (nSPS) is 11.8. The van der Waals surface area contributed by atoms with Crippen molar-refractivity contribution in [2.24, 2.45) is 0 Å². The van der Waals surface area contributed by atoms with Gasteiger partial charge in [-0.15, -0.1) is 0 Å². The van der Waals surface area contributed by atoms with Crippen molar-refractivity contribution in [3.63, 3.8) is 0 Å². The minimum absolute atomic E-state index is 0.435. The number of rotatable bonds is 5. The number of aryl methyl sites for hydroxylation is 1. The lowest BCUT2D eigenvalue weighted by molar-refractivity contribution is -0.120. The first-order valence-electron chi connectivity index (χ1n) is 8.34. The van der Waals surface area contributed by atoms with E-state index in [-0.39, 0.29) is 0 Å². The highest BCUT2D eigenvalue weighted by atomic mass is 16.3. The van der Waals surface area contributed by atoms with Crippen LogP contribution >= 0.6 is 0 Å². The third-order valence-corrected chi connectivity index (χ3v) is 3.77. The molecule has 0 bridgehead atoms. The summed E-state index contributed by atoms with van der Waals surface area (Å²) in [6.45, 7) is 4.00. The van der Waals surface area contributed by atoms with E-state index in [2.05, 4.69) is 20.9 Å². The Labute approximate surface area is 150 Å². The summed E-state index contributed by atoms with van der Waals surface area (Å²) in [6, 6.07) is 13.4. The van der Waals surface area contributed by atoms with Crippen molar-refractivity contribution in [1.82, 2.24) is 15.6 Å². The van der Waals surface area contributed by atoms with Crippen molar-refractivity contribution in [3.05, 3.63) is 60.0 Å². The highest BCUT2D eigenvalue weighted by molar-refractivity contribution is 5.98. The maximum atomic E-state index is 12.6. The molecule has 3 rings (SSSR count). The number of urea groups is 1. The molecule has 1 aromatic heterocycles. The smallest absolute Gasteiger partial charge is 0.321 e. The first-order chi connectivity index (χ1) is 12.6. The molecule has 0 spiro atoms. The van der Waals surface area contributed by atoms with Crippen LogP contribution in [0.3, 0.4) is 0 Å². The predicted molar refractivity (Wildman–Crippen MR) is 98.8 cm³/mol. The standard InChI is InChI=1S/C19H20N4O3/c1-3-20-19(25)23-18(24)17(13-7-5-4-6-8-13)22-14-9-10-16-15(11-14)21-12(2)26-16/h4-11,17,22H,3H2,1-2H3,(H2,20,23,24,25)/t17-/m0/s1. The van der Waals surface area contributed by atoms with Crippen molar-refractivity contribution in [2.45, 2.75) is 19.9 Å². The molecule has 0 saturated heterocycles. The highest BCUT2D eigenvalue weighted by Crippen LogP contribution is 2.24. The monoisotopic (exact) mass is 352 g/mol. The number of nitrogens with zero attached hydrogens (tertiary/aromatic N) is 1. The molecule has 0 unspecified atom stereocenters. The van der Waals surface area contributed by atoms with Crippen molar-refractivity contribution in [2.75, 3.05) is 11.9 Å². The second-order valence-electron chi connectivity index (χ2n) is 5.75. The first kappa shape index (κ1) is 17.5. The van der Waals surface area contributed by atoms with Crippen LogP contribution in [0.25, 0.3) is 11.1 Å². The fraction of sp³-hybridized carbons (Fsp3) is 0.211. The van der Waals surface area contributed by atoms with Crippen LogP contribution in [0.1, 0.15) is 24.4 Å². The van der Waals surface area contributed by atoms with Crippen LogP contribution in [0, 0.1) is 6.92 Å². The quantitative estimate of drug-likeness (QED) is 0.655. The van der Waals surface area contributed by atoms with Crippen molar-refractivity contribution in [3.8, 4) is 0 Å². The summed E-state index contributed by atoms with van der Waals surface area (Å²) in [5, 5.41) is 8.08. The van der Waals surface area contributed by atoms with Crippen molar-refractivity contribution >= 4 is 28.7 Å². The Bertz CT molecular complexity index is 921. The Balaban J connectivity index is 1.86. The number of imide groups is 1. The molecule has 3 amide bonds. The molecule has 0 aliphatic carbocycles. The number of amides is 3. The molecule has 7 nitrogen and oxygen atoms in total. The minimum atomic E-state index is -0.732. The summed E-state index contributed by atoms with van der Waals surface area (Å²) in [4.78, 5) is 28.7. The van der Waals surface area contributed by atoms with Crippen LogP contribution in [-0.2, 0) is 4.79 Å². The molecule has 2 aromatic carbocycles. The summed E-state index contributed by atoms with van der Waals surface area (Å²) in [5.74, 6) is 0.129. The zero-order chi connectivity index (χ0) is 18.5. The van der Waals surface area contributed by atoms with Crippen LogP contribution in [-0.4, -0.2) is 23.5 Å². The number of hydrogen-bond acceptors (Lipinski definition) is 5. The van der Waals surface area contributed by atoms with E-state index >= 15 is 0 Å². The number of hydrogen-bond donors (Lipinski definition) is 3. The van der Waals surface area contributed by atoms with Gasteiger partial charge in [-0.3, -0.25) is 10.1 Å². The van der Waals surface area contributed by atoms with E-state index in [1.165, 1.54) is 0 Å². The van der Waals surface area contributed by atoms with E-state index in [0.29, 0.717) is 29.2 Å². The molecule has 0 saturated carbocycles. The van der Waals surface area contributed by atoms with Gasteiger partial charge in [0.25, 0.3) is 5.91 Å². The number of carbonyl (C=O) groups is 2. The van der Waals surface area contributed by atoms with Gasteiger partial charge < -0.3 is 15.1 Å². The molecule has 26 heavy (non-hydrogen) atoms. The molecule has 3 N–H and O–H groups in total. The third kappa shape index (κ3) is 4.00. The number of carbonyl (C=O) groups excluding carboxylic acids is 2. The second-order valence-corrected chi connectivity index (χ2v) is 5.75. The molecule has 0 fully saturated rings. The van der Waals surface area contributed by atoms with Crippen LogP contribution in [0.15, 0.2) is 52.9 Å². The Hall–Kier alpha value is -3.35. The van der Waals surface area contributed by atoms with Crippen molar-refractivity contribution in [1.29, 1.82) is 0 Å². The van der Waals surface area contributed by atoms with Gasteiger partial charge in [0.2, 0.25) is 0 Å². The molecular formula is C19H20N4O3. The van der Waals surface area contributed by atoms with Gasteiger partial charge in [0, 0.05) is 19.2 Å². The first-order valence-corrected chi connectivity index (χ1v) is 8.34. The zero-order valence-electron chi connectivity index (χ0n) is 14.6. The summed E-state index contributed by atoms with van der Waals surface area (Å²) in [5.41, 5.74) is 2.82. The number of benzene rings is 2.